The number of carbonyl (C=O) groups excluding carboxylic acids is 2. The maximum atomic E-state index is 12.6. The van der Waals surface area contributed by atoms with Crippen LogP contribution in [0.3, 0.4) is 0 Å². The van der Waals surface area contributed by atoms with Crippen LogP contribution in [0.5, 0.6) is 5.75 Å². The smallest absolute Gasteiger partial charge is 0.341 e. The van der Waals surface area contributed by atoms with E-state index >= 15 is 0 Å². The van der Waals surface area contributed by atoms with E-state index in [1.165, 1.54) is 24.3 Å². The van der Waals surface area contributed by atoms with Gasteiger partial charge < -0.3 is 9.84 Å². The van der Waals surface area contributed by atoms with Gasteiger partial charge in [-0.2, -0.15) is 0 Å². The number of thioether (sulfide) groups is 1. The zero-order valence-corrected chi connectivity index (χ0v) is 15.6. The van der Waals surface area contributed by atoms with E-state index in [2.05, 4.69) is 0 Å². The van der Waals surface area contributed by atoms with Gasteiger partial charge in [-0.05, 0) is 41.1 Å². The van der Waals surface area contributed by atoms with Crippen molar-refractivity contribution in [2.75, 3.05) is 6.61 Å². The van der Waals surface area contributed by atoms with Crippen LogP contribution in [0.1, 0.15) is 11.1 Å². The summed E-state index contributed by atoms with van der Waals surface area (Å²) in [5.74, 6) is -1.17. The highest BCUT2D eigenvalue weighted by Gasteiger charge is 2.35. The average molecular weight is 414 g/mol. The number of imide groups is 1. The number of carboxylic acid groups (broad SMARTS) is 1. The second kappa shape index (κ2) is 8.57. The Labute approximate surface area is 168 Å². The summed E-state index contributed by atoms with van der Waals surface area (Å²) in [6.07, 6.45) is 1.56. The van der Waals surface area contributed by atoms with Gasteiger partial charge in [0, 0.05) is 12.1 Å². The number of hydrogen-bond acceptors (Lipinski definition) is 7. The minimum Gasteiger partial charge on any atom is -0.482 e. The molecule has 1 saturated heterocycles. The van der Waals surface area contributed by atoms with Crippen molar-refractivity contribution in [2.24, 2.45) is 0 Å². The lowest BCUT2D eigenvalue weighted by atomic mass is 10.2. The zero-order valence-electron chi connectivity index (χ0n) is 14.8. The number of benzene rings is 2. The van der Waals surface area contributed by atoms with Gasteiger partial charge in [0.2, 0.25) is 0 Å². The van der Waals surface area contributed by atoms with Crippen molar-refractivity contribution in [3.8, 4) is 5.75 Å². The SMILES string of the molecule is O=C(O)COc1ccc(/C=C2/SC(=O)N(Cc3ccc([N+](=O)[O-])cc3)C2=O)cc1. The number of rotatable bonds is 7. The highest BCUT2D eigenvalue weighted by Crippen LogP contribution is 2.33. The Kier molecular flexibility index (Phi) is 5.93. The number of ether oxygens (including phenoxy) is 1. The lowest BCUT2D eigenvalue weighted by Crippen LogP contribution is -2.27. The maximum Gasteiger partial charge on any atom is 0.341 e. The van der Waals surface area contributed by atoms with Gasteiger partial charge in [0.25, 0.3) is 16.8 Å². The molecule has 1 aliphatic rings. The third kappa shape index (κ3) is 4.99. The molecule has 10 heteroatoms. The zero-order chi connectivity index (χ0) is 21.0. The fraction of sp³-hybridized carbons (Fsp3) is 0.105. The molecule has 0 spiro atoms. The first-order valence-corrected chi connectivity index (χ1v) is 9.08. The van der Waals surface area contributed by atoms with Gasteiger partial charge in [0.1, 0.15) is 5.75 Å². The van der Waals surface area contributed by atoms with E-state index in [0.29, 0.717) is 16.9 Å². The summed E-state index contributed by atoms with van der Waals surface area (Å²) in [5.41, 5.74) is 1.17. The number of amides is 2. The molecule has 1 N–H and O–H groups in total. The molecule has 1 heterocycles. The summed E-state index contributed by atoms with van der Waals surface area (Å²) in [5, 5.41) is 18.9. The van der Waals surface area contributed by atoms with Crippen LogP contribution in [-0.4, -0.2) is 38.7 Å². The molecule has 0 saturated carbocycles. The first kappa shape index (κ1) is 20.1. The van der Waals surface area contributed by atoms with Crippen molar-refractivity contribution in [3.63, 3.8) is 0 Å². The van der Waals surface area contributed by atoms with Gasteiger partial charge >= 0.3 is 5.97 Å². The van der Waals surface area contributed by atoms with Crippen molar-refractivity contribution in [1.82, 2.24) is 4.90 Å². The molecule has 1 fully saturated rings. The minimum absolute atomic E-state index is 0.0158. The molecule has 2 amide bonds. The molecule has 0 radical (unpaired) electrons. The first-order chi connectivity index (χ1) is 13.8. The molecule has 9 nitrogen and oxygen atoms in total. The monoisotopic (exact) mass is 414 g/mol. The predicted molar refractivity (Wildman–Crippen MR) is 104 cm³/mol. The molecular formula is C19H14N2O7S. The average Bonchev–Trinajstić information content (AvgIpc) is 2.95. The highest BCUT2D eigenvalue weighted by atomic mass is 32.2. The van der Waals surface area contributed by atoms with Crippen LogP contribution in [0.25, 0.3) is 6.08 Å². The van der Waals surface area contributed by atoms with Crippen molar-refractivity contribution in [1.29, 1.82) is 0 Å². The Morgan fingerprint density at radius 2 is 1.79 bits per heavy atom. The summed E-state index contributed by atoms with van der Waals surface area (Å²) in [6, 6.07) is 12.0. The number of carboxylic acids is 1. The Hall–Kier alpha value is -3.66. The van der Waals surface area contributed by atoms with E-state index in [1.807, 2.05) is 0 Å². The Morgan fingerprint density at radius 3 is 2.38 bits per heavy atom. The molecule has 2 aromatic rings. The molecule has 148 valence electrons. The van der Waals surface area contributed by atoms with E-state index in [1.54, 1.807) is 30.3 Å². The van der Waals surface area contributed by atoms with E-state index < -0.39 is 28.6 Å². The Morgan fingerprint density at radius 1 is 1.14 bits per heavy atom. The lowest BCUT2D eigenvalue weighted by Gasteiger charge is -2.12. The lowest BCUT2D eigenvalue weighted by molar-refractivity contribution is -0.384. The van der Waals surface area contributed by atoms with Crippen molar-refractivity contribution >= 4 is 40.6 Å². The molecular weight excluding hydrogens is 400 g/mol. The normalized spacial score (nSPS) is 15.0. The molecule has 0 bridgehead atoms. The predicted octanol–water partition coefficient (Wildman–Crippen LogP) is 3.29. The Bertz CT molecular complexity index is 1000. The molecule has 0 unspecified atom stereocenters. The fourth-order valence-electron chi connectivity index (χ4n) is 2.50. The molecule has 3 rings (SSSR count). The Balaban J connectivity index is 1.69. The molecule has 0 atom stereocenters. The molecule has 1 aliphatic heterocycles. The number of aliphatic carboxylic acids is 1. The van der Waals surface area contributed by atoms with Crippen LogP contribution in [0.4, 0.5) is 10.5 Å². The quantitative estimate of drug-likeness (QED) is 0.415. The van der Waals surface area contributed by atoms with Gasteiger partial charge in [0.05, 0.1) is 16.4 Å². The summed E-state index contributed by atoms with van der Waals surface area (Å²) in [7, 11) is 0. The standard InChI is InChI=1S/C19H14N2O7S/c22-17(23)11-28-15-7-3-12(4-8-15)9-16-18(24)20(19(25)29-16)10-13-1-5-14(6-2-13)21(26)27/h1-9H,10-11H2,(H,22,23)/b16-9+. The largest absolute Gasteiger partial charge is 0.482 e. The van der Waals surface area contributed by atoms with Crippen LogP contribution in [-0.2, 0) is 16.1 Å². The third-order valence-corrected chi connectivity index (χ3v) is 4.81. The van der Waals surface area contributed by atoms with Crippen molar-refractivity contribution in [3.05, 3.63) is 74.7 Å². The summed E-state index contributed by atoms with van der Waals surface area (Å²) in [4.78, 5) is 46.8. The molecule has 29 heavy (non-hydrogen) atoms. The first-order valence-electron chi connectivity index (χ1n) is 8.27. The second-order valence-electron chi connectivity index (χ2n) is 5.94. The van der Waals surface area contributed by atoms with Crippen LogP contribution in [0, 0.1) is 10.1 Å². The minimum atomic E-state index is -1.09. The van der Waals surface area contributed by atoms with Gasteiger partial charge in [0.15, 0.2) is 6.61 Å². The van der Waals surface area contributed by atoms with Gasteiger partial charge in [-0.15, -0.1) is 0 Å². The van der Waals surface area contributed by atoms with Crippen LogP contribution < -0.4 is 4.74 Å². The number of nitrogens with zero attached hydrogens (tertiary/aromatic N) is 2. The van der Waals surface area contributed by atoms with Crippen molar-refractivity contribution < 1.29 is 29.2 Å². The van der Waals surface area contributed by atoms with Crippen molar-refractivity contribution in [2.45, 2.75) is 6.54 Å². The second-order valence-corrected chi connectivity index (χ2v) is 6.94. The number of hydrogen-bond donors (Lipinski definition) is 1. The van der Waals surface area contributed by atoms with Gasteiger partial charge in [-0.1, -0.05) is 24.3 Å². The maximum absolute atomic E-state index is 12.6. The number of carbonyl (C=O) groups is 3. The number of nitro groups is 1. The topological polar surface area (TPSA) is 127 Å². The van der Waals surface area contributed by atoms with E-state index in [0.717, 1.165) is 16.7 Å². The highest BCUT2D eigenvalue weighted by molar-refractivity contribution is 8.18. The van der Waals surface area contributed by atoms with Crippen LogP contribution >= 0.6 is 11.8 Å². The van der Waals surface area contributed by atoms with E-state index in [4.69, 9.17) is 9.84 Å². The molecule has 0 aromatic heterocycles. The van der Waals surface area contributed by atoms with Gasteiger partial charge in [-0.25, -0.2) is 4.79 Å². The van der Waals surface area contributed by atoms with Crippen LogP contribution in [0.2, 0.25) is 0 Å². The molecule has 2 aromatic carbocycles. The summed E-state index contributed by atoms with van der Waals surface area (Å²) in [6.45, 7) is -0.442. The summed E-state index contributed by atoms with van der Waals surface area (Å²) >= 11 is 0.804. The van der Waals surface area contributed by atoms with E-state index in [-0.39, 0.29) is 17.1 Å². The third-order valence-electron chi connectivity index (χ3n) is 3.90. The molecule has 0 aliphatic carbocycles. The van der Waals surface area contributed by atoms with Crippen LogP contribution in [0.15, 0.2) is 53.4 Å². The number of nitro benzene ring substituents is 1. The number of non-ortho nitro benzene ring substituents is 1. The van der Waals surface area contributed by atoms with E-state index in [9.17, 15) is 24.5 Å². The van der Waals surface area contributed by atoms with Gasteiger partial charge in [-0.3, -0.25) is 24.6 Å². The fourth-order valence-corrected chi connectivity index (χ4v) is 3.34. The summed E-state index contributed by atoms with van der Waals surface area (Å²) < 4.78 is 5.04.